The molecule has 1 N–H and O–H groups in total. The van der Waals surface area contributed by atoms with E-state index in [9.17, 15) is 22.8 Å². The molecule has 9 nitrogen and oxygen atoms in total. The van der Waals surface area contributed by atoms with Gasteiger partial charge in [-0.05, 0) is 54.1 Å². The highest BCUT2D eigenvalue weighted by Crippen LogP contribution is 2.40. The molecule has 12 heteroatoms. The number of anilines is 1. The summed E-state index contributed by atoms with van der Waals surface area (Å²) in [4.78, 5) is 26.1. The Kier molecular flexibility index (Phi) is 6.85. The van der Waals surface area contributed by atoms with E-state index in [4.69, 9.17) is 19.3 Å². The van der Waals surface area contributed by atoms with Crippen molar-refractivity contribution < 1.29 is 42.1 Å². The minimum Gasteiger partial charge on any atom is -0.493 e. The van der Waals surface area contributed by atoms with E-state index in [1.165, 1.54) is 35.2 Å². The predicted octanol–water partition coefficient (Wildman–Crippen LogP) is 5.45. The molecule has 0 saturated heterocycles. The van der Waals surface area contributed by atoms with Crippen LogP contribution >= 0.6 is 0 Å². The second-order valence-electron chi connectivity index (χ2n) is 9.88. The van der Waals surface area contributed by atoms with Crippen molar-refractivity contribution in [2.24, 2.45) is 0 Å². The van der Waals surface area contributed by atoms with Crippen LogP contribution in [0.4, 0.5) is 18.9 Å². The average Bonchev–Trinajstić information content (AvgIpc) is 3.62. The summed E-state index contributed by atoms with van der Waals surface area (Å²) in [5.74, 6) is -0.537. The van der Waals surface area contributed by atoms with Gasteiger partial charge in [-0.25, -0.2) is 9.48 Å². The molecule has 0 fully saturated rings. The molecule has 2 aliphatic heterocycles. The van der Waals surface area contributed by atoms with Crippen LogP contribution < -0.4 is 14.4 Å². The molecule has 1 atom stereocenters. The third-order valence-electron chi connectivity index (χ3n) is 7.20. The Hall–Kier alpha value is -4.84. The lowest BCUT2D eigenvalue weighted by Gasteiger charge is -2.26. The molecule has 1 unspecified atom stereocenters. The smallest absolute Gasteiger partial charge is 0.435 e. The van der Waals surface area contributed by atoms with Gasteiger partial charge in [0.15, 0.2) is 11.8 Å². The molecule has 6 rings (SSSR count). The topological polar surface area (TPSA) is 103 Å². The average molecular weight is 580 g/mol. The zero-order valence-corrected chi connectivity index (χ0v) is 22.2. The second kappa shape index (κ2) is 10.5. The molecule has 2 aliphatic rings. The summed E-state index contributed by atoms with van der Waals surface area (Å²) in [7, 11) is 1.61. The number of carboxylic acid groups (broad SMARTS) is 1. The van der Waals surface area contributed by atoms with Gasteiger partial charge in [0.2, 0.25) is 0 Å². The number of halogens is 3. The minimum absolute atomic E-state index is 0.0335. The Morgan fingerprint density at radius 3 is 2.60 bits per heavy atom. The summed E-state index contributed by atoms with van der Waals surface area (Å²) >= 11 is 0. The first-order valence-corrected chi connectivity index (χ1v) is 13.0. The van der Waals surface area contributed by atoms with Crippen LogP contribution in [0.1, 0.15) is 49.3 Å². The lowest BCUT2D eigenvalue weighted by atomic mass is 10.1. The van der Waals surface area contributed by atoms with Gasteiger partial charge in [-0.15, -0.1) is 0 Å². The summed E-state index contributed by atoms with van der Waals surface area (Å²) in [6, 6.07) is 17.2. The number of rotatable bonds is 6. The molecular formula is C30H24F3N3O6. The van der Waals surface area contributed by atoms with Crippen molar-refractivity contribution in [1.82, 2.24) is 9.78 Å². The van der Waals surface area contributed by atoms with Gasteiger partial charge in [0.05, 0.1) is 36.8 Å². The highest BCUT2D eigenvalue weighted by molar-refractivity contribution is 6.06. The molecule has 0 saturated carbocycles. The van der Waals surface area contributed by atoms with Gasteiger partial charge in [-0.2, -0.15) is 18.3 Å². The number of benzene rings is 3. The van der Waals surface area contributed by atoms with Crippen molar-refractivity contribution in [3.8, 4) is 17.2 Å². The van der Waals surface area contributed by atoms with Crippen molar-refractivity contribution in [3.63, 3.8) is 0 Å². The zero-order chi connectivity index (χ0) is 29.6. The lowest BCUT2D eigenvalue weighted by molar-refractivity contribution is -0.143. The number of carboxylic acids is 1. The molecule has 1 amide bonds. The molecule has 0 aliphatic carbocycles. The molecular weight excluding hydrogens is 555 g/mol. The SMILES string of the molecule is CN(C(=O)c1cccc(-n2nc(C(F)(F)F)c3c2C(Oc2ccc(C(=O)O)cc2)COC3)c1)c1ccc2c(c1)OCC2. The van der Waals surface area contributed by atoms with E-state index in [0.29, 0.717) is 12.3 Å². The van der Waals surface area contributed by atoms with E-state index in [1.54, 1.807) is 31.3 Å². The van der Waals surface area contributed by atoms with E-state index in [2.05, 4.69) is 5.10 Å². The number of aromatic carboxylic acids is 1. The Morgan fingerprint density at radius 1 is 1.07 bits per heavy atom. The molecule has 4 aromatic rings. The number of nitrogens with zero attached hydrogens (tertiary/aromatic N) is 3. The van der Waals surface area contributed by atoms with Gasteiger partial charge in [0, 0.05) is 36.3 Å². The van der Waals surface area contributed by atoms with Crippen LogP contribution in [0, 0.1) is 0 Å². The van der Waals surface area contributed by atoms with Crippen molar-refractivity contribution in [2.45, 2.75) is 25.3 Å². The number of carbonyl (C=O) groups is 2. The van der Waals surface area contributed by atoms with Crippen LogP contribution in [-0.2, 0) is 23.9 Å². The van der Waals surface area contributed by atoms with E-state index in [0.717, 1.165) is 22.4 Å². The fourth-order valence-corrected chi connectivity index (χ4v) is 5.08. The highest BCUT2D eigenvalue weighted by atomic mass is 19.4. The Morgan fingerprint density at radius 2 is 1.86 bits per heavy atom. The number of alkyl halides is 3. The Labute approximate surface area is 237 Å². The number of hydrogen-bond acceptors (Lipinski definition) is 6. The maximum atomic E-state index is 14.1. The first-order chi connectivity index (χ1) is 20.1. The summed E-state index contributed by atoms with van der Waals surface area (Å²) in [5.41, 5.74) is 1.02. The van der Waals surface area contributed by atoms with E-state index in [1.807, 2.05) is 12.1 Å². The normalized spacial score (nSPS) is 15.9. The van der Waals surface area contributed by atoms with Crippen molar-refractivity contribution in [1.29, 1.82) is 0 Å². The standard InChI is InChI=1S/C30H24F3N3O6/c1-35(20-8-5-17-11-12-41-24(17)14-20)28(37)19-3-2-4-21(13-19)36-26-23(27(34-36)30(31,32)33)15-40-16-25(26)42-22-9-6-18(7-10-22)29(38)39/h2-10,13-14,25H,11-12,15-16H2,1H3,(H,38,39). The van der Waals surface area contributed by atoms with Gasteiger partial charge in [-0.3, -0.25) is 4.79 Å². The van der Waals surface area contributed by atoms with Gasteiger partial charge < -0.3 is 24.2 Å². The fraction of sp³-hybridized carbons (Fsp3) is 0.233. The molecule has 3 heterocycles. The van der Waals surface area contributed by atoms with Crippen molar-refractivity contribution in [2.75, 3.05) is 25.2 Å². The van der Waals surface area contributed by atoms with Crippen molar-refractivity contribution in [3.05, 3.63) is 100 Å². The zero-order valence-electron chi connectivity index (χ0n) is 22.2. The van der Waals surface area contributed by atoms with Gasteiger partial charge >= 0.3 is 12.1 Å². The Bertz CT molecular complexity index is 1680. The van der Waals surface area contributed by atoms with Crippen molar-refractivity contribution >= 4 is 17.6 Å². The van der Waals surface area contributed by atoms with Crippen LogP contribution in [0.3, 0.4) is 0 Å². The molecule has 0 spiro atoms. The number of fused-ring (bicyclic) bond motifs is 2. The minimum atomic E-state index is -4.77. The molecule has 0 bridgehead atoms. The molecule has 216 valence electrons. The highest BCUT2D eigenvalue weighted by Gasteiger charge is 2.43. The summed E-state index contributed by atoms with van der Waals surface area (Å²) in [6.07, 6.45) is -4.97. The first kappa shape index (κ1) is 27.3. The maximum Gasteiger partial charge on any atom is 0.435 e. The van der Waals surface area contributed by atoms with Gasteiger partial charge in [0.1, 0.15) is 11.5 Å². The monoisotopic (exact) mass is 579 g/mol. The van der Waals surface area contributed by atoms with Crippen LogP contribution in [-0.4, -0.2) is 47.0 Å². The number of aromatic nitrogens is 2. The third-order valence-corrected chi connectivity index (χ3v) is 7.20. The van der Waals surface area contributed by atoms with Crippen LogP contribution in [0.5, 0.6) is 11.5 Å². The van der Waals surface area contributed by atoms with E-state index >= 15 is 0 Å². The third kappa shape index (κ3) is 5.05. The summed E-state index contributed by atoms with van der Waals surface area (Å²) < 4.78 is 60.4. The second-order valence-corrected chi connectivity index (χ2v) is 9.88. The maximum absolute atomic E-state index is 14.1. The summed E-state index contributed by atoms with van der Waals surface area (Å²) in [6.45, 7) is 0.179. The van der Waals surface area contributed by atoms with Crippen LogP contribution in [0.15, 0.2) is 66.7 Å². The molecule has 3 aromatic carbocycles. The van der Waals surface area contributed by atoms with E-state index in [-0.39, 0.29) is 52.9 Å². The Balaban J connectivity index is 1.36. The fourth-order valence-electron chi connectivity index (χ4n) is 5.08. The number of carbonyl (C=O) groups excluding carboxylic acids is 1. The summed E-state index contributed by atoms with van der Waals surface area (Å²) in [5, 5.41) is 13.1. The molecule has 1 aromatic heterocycles. The van der Waals surface area contributed by atoms with Crippen LogP contribution in [0.25, 0.3) is 5.69 Å². The number of hydrogen-bond donors (Lipinski definition) is 1. The van der Waals surface area contributed by atoms with Gasteiger partial charge in [0.25, 0.3) is 5.91 Å². The lowest BCUT2D eigenvalue weighted by Crippen LogP contribution is -2.26. The number of amides is 1. The molecule has 0 radical (unpaired) electrons. The van der Waals surface area contributed by atoms with Gasteiger partial charge in [-0.1, -0.05) is 12.1 Å². The molecule has 42 heavy (non-hydrogen) atoms. The quantitative estimate of drug-likeness (QED) is 0.324. The predicted molar refractivity (Wildman–Crippen MR) is 143 cm³/mol. The number of ether oxygens (including phenoxy) is 3. The van der Waals surface area contributed by atoms with E-state index < -0.39 is 23.9 Å². The largest absolute Gasteiger partial charge is 0.493 e. The first-order valence-electron chi connectivity index (χ1n) is 13.0. The van der Waals surface area contributed by atoms with Crippen LogP contribution in [0.2, 0.25) is 0 Å².